The molecule has 5 nitrogen and oxygen atoms in total. The SMILES string of the molecule is CC(Cn1ccnc1)Nc1cc(Cl)nc(C(C)(C)C)n1. The van der Waals surface area contributed by atoms with Gasteiger partial charge < -0.3 is 9.88 Å². The molecule has 0 spiro atoms. The third kappa shape index (κ3) is 3.93. The van der Waals surface area contributed by atoms with Crippen LogP contribution in [0.1, 0.15) is 33.5 Å². The summed E-state index contributed by atoms with van der Waals surface area (Å²) in [4.78, 5) is 12.9. The van der Waals surface area contributed by atoms with Crippen molar-refractivity contribution >= 4 is 17.4 Å². The van der Waals surface area contributed by atoms with Gasteiger partial charge in [-0.25, -0.2) is 15.0 Å². The van der Waals surface area contributed by atoms with Crippen molar-refractivity contribution in [3.63, 3.8) is 0 Å². The van der Waals surface area contributed by atoms with Crippen LogP contribution in [0.2, 0.25) is 5.15 Å². The van der Waals surface area contributed by atoms with E-state index in [4.69, 9.17) is 11.6 Å². The van der Waals surface area contributed by atoms with Crippen LogP contribution in [0.15, 0.2) is 24.8 Å². The summed E-state index contributed by atoms with van der Waals surface area (Å²) in [6.45, 7) is 9.10. The van der Waals surface area contributed by atoms with Gasteiger partial charge in [0.15, 0.2) is 0 Å². The van der Waals surface area contributed by atoms with Crippen LogP contribution < -0.4 is 5.32 Å². The minimum absolute atomic E-state index is 0.130. The normalized spacial score (nSPS) is 13.2. The molecule has 6 heteroatoms. The molecule has 1 atom stereocenters. The van der Waals surface area contributed by atoms with Gasteiger partial charge in [-0.1, -0.05) is 32.4 Å². The van der Waals surface area contributed by atoms with Gasteiger partial charge in [0.05, 0.1) is 6.33 Å². The van der Waals surface area contributed by atoms with Gasteiger partial charge >= 0.3 is 0 Å². The highest BCUT2D eigenvalue weighted by Crippen LogP contribution is 2.22. The van der Waals surface area contributed by atoms with Crippen molar-refractivity contribution in [1.29, 1.82) is 0 Å². The van der Waals surface area contributed by atoms with Crippen LogP contribution in [-0.2, 0) is 12.0 Å². The minimum atomic E-state index is -0.130. The fourth-order valence-electron chi connectivity index (χ4n) is 1.84. The molecule has 2 aromatic heterocycles. The quantitative estimate of drug-likeness (QED) is 0.880. The van der Waals surface area contributed by atoms with Gasteiger partial charge in [-0.2, -0.15) is 0 Å². The van der Waals surface area contributed by atoms with Gasteiger partial charge in [0.2, 0.25) is 0 Å². The Morgan fingerprint density at radius 3 is 2.70 bits per heavy atom. The molecule has 0 saturated carbocycles. The summed E-state index contributed by atoms with van der Waals surface area (Å²) in [5.41, 5.74) is -0.130. The molecule has 108 valence electrons. The number of hydrogen-bond acceptors (Lipinski definition) is 4. The van der Waals surface area contributed by atoms with E-state index >= 15 is 0 Å². The van der Waals surface area contributed by atoms with Crippen molar-refractivity contribution in [2.24, 2.45) is 0 Å². The van der Waals surface area contributed by atoms with Crippen LogP contribution in [0.4, 0.5) is 5.82 Å². The lowest BCUT2D eigenvalue weighted by atomic mass is 9.96. The van der Waals surface area contributed by atoms with Gasteiger partial charge in [-0.15, -0.1) is 0 Å². The molecule has 0 aliphatic carbocycles. The number of aromatic nitrogens is 4. The smallest absolute Gasteiger partial charge is 0.137 e. The van der Waals surface area contributed by atoms with E-state index in [2.05, 4.69) is 48.0 Å². The molecular weight excluding hydrogens is 274 g/mol. The first kappa shape index (κ1) is 14.8. The summed E-state index contributed by atoms with van der Waals surface area (Å²) in [7, 11) is 0. The first-order valence-corrected chi connectivity index (χ1v) is 7.00. The molecule has 0 aliphatic heterocycles. The van der Waals surface area contributed by atoms with E-state index in [1.165, 1.54) is 0 Å². The van der Waals surface area contributed by atoms with Crippen molar-refractivity contribution in [2.75, 3.05) is 5.32 Å². The lowest BCUT2D eigenvalue weighted by Gasteiger charge is -2.20. The maximum atomic E-state index is 6.08. The zero-order chi connectivity index (χ0) is 14.8. The monoisotopic (exact) mass is 293 g/mol. The lowest BCUT2D eigenvalue weighted by molar-refractivity contribution is 0.544. The van der Waals surface area contributed by atoms with Gasteiger partial charge in [0, 0.05) is 36.5 Å². The van der Waals surface area contributed by atoms with Crippen LogP contribution in [-0.4, -0.2) is 25.6 Å². The molecule has 2 heterocycles. The Morgan fingerprint density at radius 2 is 2.10 bits per heavy atom. The number of rotatable bonds is 4. The average Bonchev–Trinajstić information content (AvgIpc) is 2.79. The molecular formula is C14H20ClN5. The van der Waals surface area contributed by atoms with E-state index in [0.717, 1.165) is 18.2 Å². The van der Waals surface area contributed by atoms with Crippen LogP contribution in [0.25, 0.3) is 0 Å². The third-order valence-electron chi connectivity index (χ3n) is 2.80. The van der Waals surface area contributed by atoms with Crippen LogP contribution in [0, 0.1) is 0 Å². The Labute approximate surface area is 124 Å². The summed E-state index contributed by atoms with van der Waals surface area (Å²) < 4.78 is 2.02. The van der Waals surface area contributed by atoms with Crippen molar-refractivity contribution in [2.45, 2.75) is 45.7 Å². The summed E-state index contributed by atoms with van der Waals surface area (Å²) in [5, 5.41) is 3.81. The van der Waals surface area contributed by atoms with Crippen LogP contribution in [0.5, 0.6) is 0 Å². The number of nitrogens with one attached hydrogen (secondary N) is 1. The van der Waals surface area contributed by atoms with Crippen molar-refractivity contribution in [1.82, 2.24) is 19.5 Å². The third-order valence-corrected chi connectivity index (χ3v) is 3.00. The Hall–Kier alpha value is -1.62. The molecule has 0 aliphatic rings. The zero-order valence-corrected chi connectivity index (χ0v) is 13.0. The lowest BCUT2D eigenvalue weighted by Crippen LogP contribution is -2.23. The molecule has 0 radical (unpaired) electrons. The van der Waals surface area contributed by atoms with Crippen molar-refractivity contribution in [3.05, 3.63) is 35.8 Å². The molecule has 1 N–H and O–H groups in total. The van der Waals surface area contributed by atoms with Crippen LogP contribution >= 0.6 is 11.6 Å². The standard InChI is InChI=1S/C14H20ClN5/c1-10(8-20-6-5-16-9-20)17-12-7-11(15)18-13(19-12)14(2,3)4/h5-7,9-10H,8H2,1-4H3,(H,17,18,19). The number of imidazole rings is 1. The van der Waals surface area contributed by atoms with Gasteiger partial charge in [0.1, 0.15) is 16.8 Å². The Balaban J connectivity index is 2.11. The number of anilines is 1. The summed E-state index contributed by atoms with van der Waals surface area (Å²) in [6, 6.07) is 1.96. The Kier molecular flexibility index (Phi) is 4.28. The van der Waals surface area contributed by atoms with Gasteiger partial charge in [-0.05, 0) is 6.92 Å². The summed E-state index contributed by atoms with van der Waals surface area (Å²) >= 11 is 6.08. The molecule has 0 saturated heterocycles. The Morgan fingerprint density at radius 1 is 1.35 bits per heavy atom. The van der Waals surface area contributed by atoms with Crippen molar-refractivity contribution < 1.29 is 0 Å². The molecule has 1 unspecified atom stereocenters. The van der Waals surface area contributed by atoms with E-state index in [9.17, 15) is 0 Å². The summed E-state index contributed by atoms with van der Waals surface area (Å²) in [5.74, 6) is 1.49. The maximum absolute atomic E-state index is 6.08. The Bertz CT molecular complexity index is 559. The predicted octanol–water partition coefficient (Wildman–Crippen LogP) is 3.12. The van der Waals surface area contributed by atoms with Gasteiger partial charge in [0.25, 0.3) is 0 Å². The van der Waals surface area contributed by atoms with Crippen molar-refractivity contribution in [3.8, 4) is 0 Å². The molecule has 2 aromatic rings. The van der Waals surface area contributed by atoms with E-state index in [1.807, 2.05) is 10.8 Å². The predicted molar refractivity (Wildman–Crippen MR) is 81.1 cm³/mol. The topological polar surface area (TPSA) is 55.6 Å². The molecule has 0 fully saturated rings. The highest BCUT2D eigenvalue weighted by molar-refractivity contribution is 6.29. The highest BCUT2D eigenvalue weighted by Gasteiger charge is 2.19. The molecule has 2 rings (SSSR count). The highest BCUT2D eigenvalue weighted by atomic mass is 35.5. The zero-order valence-electron chi connectivity index (χ0n) is 12.3. The molecule has 20 heavy (non-hydrogen) atoms. The number of nitrogens with zero attached hydrogens (tertiary/aromatic N) is 4. The largest absolute Gasteiger partial charge is 0.366 e. The molecule has 0 bridgehead atoms. The van der Waals surface area contributed by atoms with E-state index in [-0.39, 0.29) is 11.5 Å². The number of hydrogen-bond donors (Lipinski definition) is 1. The average molecular weight is 294 g/mol. The second kappa shape index (κ2) is 5.79. The number of halogens is 1. The molecule has 0 aromatic carbocycles. The minimum Gasteiger partial charge on any atom is -0.366 e. The second-order valence-corrected chi connectivity index (χ2v) is 6.34. The van der Waals surface area contributed by atoms with Gasteiger partial charge in [-0.3, -0.25) is 0 Å². The van der Waals surface area contributed by atoms with Crippen LogP contribution in [0.3, 0.4) is 0 Å². The molecule has 0 amide bonds. The first-order valence-electron chi connectivity index (χ1n) is 6.62. The second-order valence-electron chi connectivity index (χ2n) is 5.95. The van der Waals surface area contributed by atoms with E-state index < -0.39 is 0 Å². The first-order chi connectivity index (χ1) is 9.34. The van der Waals surface area contributed by atoms with E-state index in [1.54, 1.807) is 18.6 Å². The fourth-order valence-corrected chi connectivity index (χ4v) is 2.02. The summed E-state index contributed by atoms with van der Waals surface area (Å²) in [6.07, 6.45) is 5.50. The van der Waals surface area contributed by atoms with E-state index in [0.29, 0.717) is 5.15 Å². The maximum Gasteiger partial charge on any atom is 0.137 e. The fraction of sp³-hybridized carbons (Fsp3) is 0.500.